The molecule has 1 N–H and O–H groups in total. The highest BCUT2D eigenvalue weighted by Crippen LogP contribution is 2.25. The lowest BCUT2D eigenvalue weighted by atomic mass is 10.0. The Hall–Kier alpha value is -1.04. The van der Waals surface area contributed by atoms with Crippen LogP contribution in [0.5, 0.6) is 0 Å². The first-order valence-electron chi connectivity index (χ1n) is 5.41. The summed E-state index contributed by atoms with van der Waals surface area (Å²) in [6.07, 6.45) is 2.81. The minimum absolute atomic E-state index is 0.195. The normalized spacial score (nSPS) is 27.3. The number of aromatic nitrogens is 3. The van der Waals surface area contributed by atoms with Gasteiger partial charge in [-0.3, -0.25) is 9.67 Å². The Morgan fingerprint density at radius 2 is 2.50 bits per heavy atom. The number of aliphatic imine (C=N–C) groups is 1. The first-order chi connectivity index (χ1) is 7.61. The van der Waals surface area contributed by atoms with Gasteiger partial charge in [0.25, 0.3) is 0 Å². The maximum absolute atomic E-state index is 4.48. The summed E-state index contributed by atoms with van der Waals surface area (Å²) < 4.78 is 1.70. The molecule has 0 aromatic carbocycles. The standard InChI is InChI=1S/C10H17N5S/c1-4-10(2)6-16-9(13-10)11-5-8-12-7-15(3)14-8/h7H,4-6H2,1-3H3,(H,11,13). The molecule has 1 aliphatic heterocycles. The van der Waals surface area contributed by atoms with Crippen molar-refractivity contribution in [2.45, 2.75) is 32.4 Å². The molecule has 1 aromatic heterocycles. The van der Waals surface area contributed by atoms with Gasteiger partial charge in [0.15, 0.2) is 11.0 Å². The van der Waals surface area contributed by atoms with E-state index in [9.17, 15) is 0 Å². The fourth-order valence-corrected chi connectivity index (χ4v) is 2.64. The molecule has 5 nitrogen and oxygen atoms in total. The monoisotopic (exact) mass is 239 g/mol. The average Bonchev–Trinajstić information content (AvgIpc) is 2.83. The highest BCUT2D eigenvalue weighted by atomic mass is 32.2. The van der Waals surface area contributed by atoms with Gasteiger partial charge in [0, 0.05) is 18.3 Å². The molecular formula is C10H17N5S. The molecule has 1 aromatic rings. The number of thioether (sulfide) groups is 1. The second kappa shape index (κ2) is 4.45. The van der Waals surface area contributed by atoms with E-state index in [1.54, 1.807) is 22.8 Å². The van der Waals surface area contributed by atoms with Gasteiger partial charge in [0.1, 0.15) is 12.9 Å². The molecule has 1 aliphatic rings. The van der Waals surface area contributed by atoms with E-state index < -0.39 is 0 Å². The van der Waals surface area contributed by atoms with Crippen molar-refractivity contribution in [1.29, 1.82) is 0 Å². The minimum atomic E-state index is 0.195. The van der Waals surface area contributed by atoms with Crippen LogP contribution in [0, 0.1) is 0 Å². The van der Waals surface area contributed by atoms with E-state index in [1.165, 1.54) is 0 Å². The van der Waals surface area contributed by atoms with Crippen molar-refractivity contribution < 1.29 is 0 Å². The van der Waals surface area contributed by atoms with Gasteiger partial charge in [0.2, 0.25) is 0 Å². The molecule has 1 fully saturated rings. The van der Waals surface area contributed by atoms with Crippen molar-refractivity contribution in [3.05, 3.63) is 12.2 Å². The van der Waals surface area contributed by atoms with Crippen LogP contribution in [0.1, 0.15) is 26.1 Å². The summed E-state index contributed by atoms with van der Waals surface area (Å²) in [6, 6.07) is 0. The van der Waals surface area contributed by atoms with E-state index >= 15 is 0 Å². The summed E-state index contributed by atoms with van der Waals surface area (Å²) in [5.74, 6) is 1.85. The summed E-state index contributed by atoms with van der Waals surface area (Å²) in [6.45, 7) is 4.97. The molecule has 0 saturated carbocycles. The predicted molar refractivity (Wildman–Crippen MR) is 66.4 cm³/mol. The van der Waals surface area contributed by atoms with E-state index in [-0.39, 0.29) is 5.54 Å². The van der Waals surface area contributed by atoms with Crippen LogP contribution in [-0.4, -0.2) is 31.2 Å². The molecule has 6 heteroatoms. The second-order valence-electron chi connectivity index (χ2n) is 4.28. The Kier molecular flexibility index (Phi) is 3.18. The van der Waals surface area contributed by atoms with Crippen LogP contribution < -0.4 is 5.32 Å². The predicted octanol–water partition coefficient (Wildman–Crippen LogP) is 1.18. The fraction of sp³-hybridized carbons (Fsp3) is 0.700. The first-order valence-corrected chi connectivity index (χ1v) is 6.40. The van der Waals surface area contributed by atoms with Crippen LogP contribution in [0.3, 0.4) is 0 Å². The third-order valence-electron chi connectivity index (χ3n) is 2.73. The molecule has 1 saturated heterocycles. The second-order valence-corrected chi connectivity index (χ2v) is 5.25. The van der Waals surface area contributed by atoms with Crippen molar-refractivity contribution in [2.24, 2.45) is 12.0 Å². The summed E-state index contributed by atoms with van der Waals surface area (Å²) in [4.78, 5) is 8.62. The van der Waals surface area contributed by atoms with Crippen molar-refractivity contribution in [2.75, 3.05) is 5.75 Å². The average molecular weight is 239 g/mol. The number of rotatable bonds is 3. The number of hydrogen-bond acceptors (Lipinski definition) is 4. The number of amidine groups is 1. The van der Waals surface area contributed by atoms with Crippen molar-refractivity contribution in [1.82, 2.24) is 20.1 Å². The SMILES string of the molecule is CCC1(C)CSC(=NCc2ncn(C)n2)N1. The molecule has 2 heterocycles. The molecule has 0 radical (unpaired) electrons. The molecular weight excluding hydrogens is 222 g/mol. The molecule has 0 aliphatic carbocycles. The minimum Gasteiger partial charge on any atom is -0.359 e. The summed E-state index contributed by atoms with van der Waals surface area (Å²) >= 11 is 1.78. The van der Waals surface area contributed by atoms with Gasteiger partial charge >= 0.3 is 0 Å². The third-order valence-corrected chi connectivity index (χ3v) is 4.01. The highest BCUT2D eigenvalue weighted by Gasteiger charge is 2.30. The maximum atomic E-state index is 4.48. The van der Waals surface area contributed by atoms with Gasteiger partial charge in [-0.05, 0) is 13.3 Å². The third kappa shape index (κ3) is 2.55. The van der Waals surface area contributed by atoms with Crippen molar-refractivity contribution in [3.8, 4) is 0 Å². The van der Waals surface area contributed by atoms with Crippen molar-refractivity contribution >= 4 is 16.9 Å². The fourth-order valence-electron chi connectivity index (χ4n) is 1.43. The zero-order valence-electron chi connectivity index (χ0n) is 9.90. The van der Waals surface area contributed by atoms with Crippen LogP contribution in [0.15, 0.2) is 11.3 Å². The zero-order valence-corrected chi connectivity index (χ0v) is 10.7. The van der Waals surface area contributed by atoms with E-state index in [0.717, 1.165) is 23.2 Å². The van der Waals surface area contributed by atoms with Crippen LogP contribution in [0.2, 0.25) is 0 Å². The van der Waals surface area contributed by atoms with E-state index in [0.29, 0.717) is 6.54 Å². The van der Waals surface area contributed by atoms with Crippen LogP contribution in [-0.2, 0) is 13.6 Å². The Morgan fingerprint density at radius 3 is 3.06 bits per heavy atom. The Labute approximate surface area is 99.7 Å². The van der Waals surface area contributed by atoms with Gasteiger partial charge in [-0.2, -0.15) is 5.10 Å². The summed E-state index contributed by atoms with van der Waals surface area (Å²) in [7, 11) is 1.86. The molecule has 2 rings (SSSR count). The van der Waals surface area contributed by atoms with Gasteiger partial charge < -0.3 is 5.32 Å². The lowest BCUT2D eigenvalue weighted by Gasteiger charge is -2.20. The Morgan fingerprint density at radius 1 is 1.69 bits per heavy atom. The van der Waals surface area contributed by atoms with Crippen molar-refractivity contribution in [3.63, 3.8) is 0 Å². The number of hydrogen-bond donors (Lipinski definition) is 1. The van der Waals surface area contributed by atoms with Gasteiger partial charge in [-0.15, -0.1) is 0 Å². The Bertz CT molecular complexity index is 400. The molecule has 0 bridgehead atoms. The zero-order chi connectivity index (χ0) is 11.6. The molecule has 16 heavy (non-hydrogen) atoms. The molecule has 1 atom stereocenters. The molecule has 88 valence electrons. The van der Waals surface area contributed by atoms with Gasteiger partial charge in [-0.1, -0.05) is 18.7 Å². The molecule has 0 spiro atoms. The number of nitrogens with one attached hydrogen (secondary N) is 1. The summed E-state index contributed by atoms with van der Waals surface area (Å²) in [5.41, 5.74) is 0.195. The van der Waals surface area contributed by atoms with E-state index in [2.05, 4.69) is 34.2 Å². The first kappa shape index (κ1) is 11.4. The summed E-state index contributed by atoms with van der Waals surface area (Å²) in [5, 5.41) is 8.65. The molecule has 1 unspecified atom stereocenters. The maximum Gasteiger partial charge on any atom is 0.172 e. The lowest BCUT2D eigenvalue weighted by molar-refractivity contribution is 0.466. The van der Waals surface area contributed by atoms with E-state index in [4.69, 9.17) is 0 Å². The van der Waals surface area contributed by atoms with Gasteiger partial charge in [0.05, 0.1) is 0 Å². The quantitative estimate of drug-likeness (QED) is 0.860. The topological polar surface area (TPSA) is 55.1 Å². The smallest absolute Gasteiger partial charge is 0.172 e. The highest BCUT2D eigenvalue weighted by molar-refractivity contribution is 8.14. The molecule has 0 amide bonds. The largest absolute Gasteiger partial charge is 0.359 e. The van der Waals surface area contributed by atoms with Crippen LogP contribution >= 0.6 is 11.8 Å². The number of aryl methyl sites for hydroxylation is 1. The lowest BCUT2D eigenvalue weighted by Crippen LogP contribution is -2.39. The van der Waals surface area contributed by atoms with E-state index in [1.807, 2.05) is 7.05 Å². The Balaban J connectivity index is 1.95. The van der Waals surface area contributed by atoms with Gasteiger partial charge in [-0.25, -0.2) is 4.98 Å². The van der Waals surface area contributed by atoms with Crippen LogP contribution in [0.4, 0.5) is 0 Å². The number of nitrogens with zero attached hydrogens (tertiary/aromatic N) is 4. The van der Waals surface area contributed by atoms with Crippen LogP contribution in [0.25, 0.3) is 0 Å².